The van der Waals surface area contributed by atoms with E-state index in [0.29, 0.717) is 16.5 Å². The van der Waals surface area contributed by atoms with Crippen molar-refractivity contribution in [3.05, 3.63) is 67.8 Å². The summed E-state index contributed by atoms with van der Waals surface area (Å²) < 4.78 is 12.1. The van der Waals surface area contributed by atoms with Crippen molar-refractivity contribution < 1.29 is 19.1 Å². The second kappa shape index (κ2) is 11.0. The predicted molar refractivity (Wildman–Crippen MR) is 129 cm³/mol. The lowest BCUT2D eigenvalue weighted by atomic mass is 10.2. The first-order chi connectivity index (χ1) is 16.3. The molecular formula is C23H25ClN4O6. The Kier molecular flexibility index (Phi) is 8.08. The van der Waals surface area contributed by atoms with Crippen LogP contribution in [-0.2, 0) is 27.4 Å². The highest BCUT2D eigenvalue weighted by Crippen LogP contribution is 2.30. The molecule has 2 amide bonds. The molecule has 0 spiro atoms. The Labute approximate surface area is 200 Å². The molecule has 0 unspecified atom stereocenters. The zero-order valence-corrected chi connectivity index (χ0v) is 19.8. The minimum Gasteiger partial charge on any atom is -0.495 e. The van der Waals surface area contributed by atoms with Crippen LogP contribution in [0.25, 0.3) is 10.9 Å². The fourth-order valence-electron chi connectivity index (χ4n) is 3.41. The Balaban J connectivity index is 1.96. The summed E-state index contributed by atoms with van der Waals surface area (Å²) in [5.41, 5.74) is -0.0146. The molecule has 0 radical (unpaired) electrons. The van der Waals surface area contributed by atoms with Crippen molar-refractivity contribution in [1.82, 2.24) is 14.5 Å². The number of carbonyl (C=O) groups excluding carboxylic acids is 2. The van der Waals surface area contributed by atoms with Crippen LogP contribution in [0.1, 0.15) is 5.56 Å². The summed E-state index contributed by atoms with van der Waals surface area (Å²) in [6.07, 6.45) is 0. The van der Waals surface area contributed by atoms with E-state index in [1.165, 1.54) is 20.3 Å². The molecule has 0 saturated heterocycles. The van der Waals surface area contributed by atoms with Crippen molar-refractivity contribution in [3.63, 3.8) is 0 Å². The van der Waals surface area contributed by atoms with E-state index >= 15 is 0 Å². The topological polar surface area (TPSA) is 121 Å². The molecule has 34 heavy (non-hydrogen) atoms. The molecule has 1 aromatic heterocycles. The molecule has 180 valence electrons. The minimum atomic E-state index is -0.783. The molecule has 0 atom stereocenters. The summed E-state index contributed by atoms with van der Waals surface area (Å²) in [4.78, 5) is 51.2. The van der Waals surface area contributed by atoms with Gasteiger partial charge in [-0.25, -0.2) is 4.79 Å². The number of halogens is 1. The normalized spacial score (nSPS) is 10.8. The van der Waals surface area contributed by atoms with E-state index in [0.717, 1.165) is 14.7 Å². The fraction of sp³-hybridized carbons (Fsp3) is 0.304. The third-order valence-electron chi connectivity index (χ3n) is 5.12. The molecule has 11 heteroatoms. The first kappa shape index (κ1) is 25.0. The number of anilines is 1. The van der Waals surface area contributed by atoms with Crippen LogP contribution in [0, 0.1) is 6.92 Å². The van der Waals surface area contributed by atoms with Crippen molar-refractivity contribution in [1.29, 1.82) is 0 Å². The van der Waals surface area contributed by atoms with Crippen molar-refractivity contribution in [2.45, 2.75) is 20.0 Å². The Hall–Kier alpha value is -3.63. The van der Waals surface area contributed by atoms with E-state index in [1.807, 2.05) is 0 Å². The first-order valence-electron chi connectivity index (χ1n) is 10.4. The number of fused-ring (bicyclic) bond motifs is 1. The number of aryl methyl sites for hydroxylation is 1. The third-order valence-corrected chi connectivity index (χ3v) is 5.53. The standard InChI is InChI=1S/C23H25ClN4O6/c1-14-10-19(34-3)17(11-16(14)24)26-21(30)13-27-18-7-5-4-6-15(18)22(31)28(23(27)32)12-20(29)25-8-9-33-2/h4-7,10-11H,8-9,12-13H2,1-3H3,(H,25,29)(H,26,30). The smallest absolute Gasteiger partial charge is 0.332 e. The van der Waals surface area contributed by atoms with Crippen LogP contribution < -0.4 is 26.6 Å². The van der Waals surface area contributed by atoms with Crippen molar-refractivity contribution in [2.24, 2.45) is 0 Å². The van der Waals surface area contributed by atoms with Gasteiger partial charge in [0.15, 0.2) is 0 Å². The number of methoxy groups -OCH3 is 2. The Morgan fingerprint density at radius 3 is 2.44 bits per heavy atom. The van der Waals surface area contributed by atoms with Crippen molar-refractivity contribution in [2.75, 3.05) is 32.7 Å². The number of carbonyl (C=O) groups is 2. The van der Waals surface area contributed by atoms with Gasteiger partial charge in [-0.2, -0.15) is 0 Å². The Bertz CT molecular complexity index is 1350. The van der Waals surface area contributed by atoms with Crippen LogP contribution in [-0.4, -0.2) is 48.3 Å². The van der Waals surface area contributed by atoms with Crippen LogP contribution in [0.3, 0.4) is 0 Å². The summed E-state index contributed by atoms with van der Waals surface area (Å²) in [5.74, 6) is -0.660. The molecule has 3 aromatic rings. The average molecular weight is 489 g/mol. The highest BCUT2D eigenvalue weighted by Gasteiger charge is 2.18. The van der Waals surface area contributed by atoms with Gasteiger partial charge >= 0.3 is 5.69 Å². The SMILES string of the molecule is COCCNC(=O)Cn1c(=O)c2ccccc2n(CC(=O)Nc2cc(Cl)c(C)cc2OC)c1=O. The van der Waals surface area contributed by atoms with E-state index in [9.17, 15) is 19.2 Å². The number of hydrogen-bond acceptors (Lipinski definition) is 6. The number of aromatic nitrogens is 2. The average Bonchev–Trinajstić information content (AvgIpc) is 2.81. The Morgan fingerprint density at radius 1 is 1.03 bits per heavy atom. The lowest BCUT2D eigenvalue weighted by molar-refractivity contribution is -0.122. The lowest BCUT2D eigenvalue weighted by Gasteiger charge is -2.15. The van der Waals surface area contributed by atoms with Crippen LogP contribution in [0.4, 0.5) is 5.69 Å². The number of hydrogen-bond donors (Lipinski definition) is 2. The first-order valence-corrected chi connectivity index (χ1v) is 10.8. The number of para-hydroxylation sites is 1. The molecule has 0 saturated carbocycles. The number of amides is 2. The molecule has 0 aliphatic heterocycles. The van der Waals surface area contributed by atoms with Crippen molar-refractivity contribution >= 4 is 40.0 Å². The van der Waals surface area contributed by atoms with Gasteiger partial charge in [0.1, 0.15) is 18.8 Å². The highest BCUT2D eigenvalue weighted by molar-refractivity contribution is 6.31. The molecule has 0 fully saturated rings. The molecule has 0 bridgehead atoms. The number of nitrogens with one attached hydrogen (secondary N) is 2. The summed E-state index contributed by atoms with van der Waals surface area (Å²) in [5, 5.41) is 5.90. The summed E-state index contributed by atoms with van der Waals surface area (Å²) in [7, 11) is 2.95. The van der Waals surface area contributed by atoms with Gasteiger partial charge in [0.25, 0.3) is 5.56 Å². The number of nitrogens with zero attached hydrogens (tertiary/aromatic N) is 2. The molecule has 10 nitrogen and oxygen atoms in total. The third kappa shape index (κ3) is 5.46. The van der Waals surface area contributed by atoms with E-state index in [1.54, 1.807) is 37.3 Å². The van der Waals surface area contributed by atoms with Crippen LogP contribution >= 0.6 is 11.6 Å². The molecule has 0 aliphatic rings. The summed E-state index contributed by atoms with van der Waals surface area (Å²) >= 11 is 6.18. The number of ether oxygens (including phenoxy) is 2. The summed E-state index contributed by atoms with van der Waals surface area (Å²) in [6, 6.07) is 9.63. The molecule has 2 N–H and O–H groups in total. The quantitative estimate of drug-likeness (QED) is 0.441. The van der Waals surface area contributed by atoms with Gasteiger partial charge in [-0.15, -0.1) is 0 Å². The monoisotopic (exact) mass is 488 g/mol. The van der Waals surface area contributed by atoms with Crippen molar-refractivity contribution in [3.8, 4) is 5.75 Å². The largest absolute Gasteiger partial charge is 0.495 e. The van der Waals surface area contributed by atoms with Gasteiger partial charge in [0, 0.05) is 18.7 Å². The van der Waals surface area contributed by atoms with Crippen LogP contribution in [0.15, 0.2) is 46.0 Å². The predicted octanol–water partition coefficient (Wildman–Crippen LogP) is 1.53. The fourth-order valence-corrected chi connectivity index (χ4v) is 3.57. The van der Waals surface area contributed by atoms with E-state index in [-0.39, 0.29) is 24.1 Å². The van der Waals surface area contributed by atoms with Gasteiger partial charge in [-0.1, -0.05) is 23.7 Å². The van der Waals surface area contributed by atoms with E-state index in [4.69, 9.17) is 21.1 Å². The minimum absolute atomic E-state index is 0.204. The zero-order valence-electron chi connectivity index (χ0n) is 19.0. The second-order valence-corrected chi connectivity index (χ2v) is 7.88. The zero-order chi connectivity index (χ0) is 24.8. The van der Waals surface area contributed by atoms with Gasteiger partial charge in [0.05, 0.1) is 30.3 Å². The highest BCUT2D eigenvalue weighted by atomic mass is 35.5. The number of benzene rings is 2. The Morgan fingerprint density at radius 2 is 1.74 bits per heavy atom. The maximum atomic E-state index is 13.2. The van der Waals surface area contributed by atoms with Gasteiger partial charge < -0.3 is 20.1 Å². The second-order valence-electron chi connectivity index (χ2n) is 7.47. The van der Waals surface area contributed by atoms with Gasteiger partial charge in [0.2, 0.25) is 11.8 Å². The molecular weight excluding hydrogens is 464 g/mol. The van der Waals surface area contributed by atoms with E-state index < -0.39 is 36.2 Å². The summed E-state index contributed by atoms with van der Waals surface area (Å²) in [6.45, 7) is 1.43. The number of rotatable bonds is 9. The maximum absolute atomic E-state index is 13.2. The van der Waals surface area contributed by atoms with Gasteiger partial charge in [-0.3, -0.25) is 23.5 Å². The molecule has 3 rings (SSSR count). The van der Waals surface area contributed by atoms with E-state index in [2.05, 4.69) is 10.6 Å². The lowest BCUT2D eigenvalue weighted by Crippen LogP contribution is -2.45. The molecule has 0 aliphatic carbocycles. The van der Waals surface area contributed by atoms with Gasteiger partial charge in [-0.05, 0) is 36.8 Å². The molecule has 2 aromatic carbocycles. The van der Waals surface area contributed by atoms with Crippen LogP contribution in [0.5, 0.6) is 5.75 Å². The van der Waals surface area contributed by atoms with Crippen LogP contribution in [0.2, 0.25) is 5.02 Å². The maximum Gasteiger partial charge on any atom is 0.332 e. The molecule has 1 heterocycles.